The number of benzene rings is 2. The second-order valence-corrected chi connectivity index (χ2v) is 6.80. The molecule has 0 aliphatic carbocycles. The number of carbonyl (C=O) groups excluding carboxylic acids is 1. The van der Waals surface area contributed by atoms with E-state index in [1.165, 1.54) is 11.3 Å². The summed E-state index contributed by atoms with van der Waals surface area (Å²) < 4.78 is 0. The molecule has 0 aliphatic heterocycles. The van der Waals surface area contributed by atoms with Crippen molar-refractivity contribution in [3.05, 3.63) is 65.5 Å². The summed E-state index contributed by atoms with van der Waals surface area (Å²) >= 11 is 2.98. The number of thiophene rings is 1. The Bertz CT molecular complexity index is 971. The van der Waals surface area contributed by atoms with Crippen molar-refractivity contribution in [3.63, 3.8) is 0 Å². The summed E-state index contributed by atoms with van der Waals surface area (Å²) in [5.41, 5.74) is 0.635. The number of rotatable bonds is 3. The lowest BCUT2D eigenvalue weighted by Gasteiger charge is -2.05. The van der Waals surface area contributed by atoms with Crippen LogP contribution in [-0.2, 0) is 0 Å². The number of hydrogen-bond acceptors (Lipinski definition) is 5. The molecule has 4 rings (SSSR count). The first kappa shape index (κ1) is 14.0. The molecule has 4 aromatic rings. The van der Waals surface area contributed by atoms with Crippen LogP contribution in [0.3, 0.4) is 0 Å². The molecule has 0 saturated heterocycles. The van der Waals surface area contributed by atoms with Gasteiger partial charge in [0.1, 0.15) is 0 Å². The average molecular weight is 337 g/mol. The fourth-order valence-electron chi connectivity index (χ4n) is 2.36. The molecule has 0 radical (unpaired) electrons. The van der Waals surface area contributed by atoms with E-state index < -0.39 is 0 Å². The van der Waals surface area contributed by atoms with Crippen LogP contribution in [0.5, 0.6) is 0 Å². The zero-order valence-corrected chi connectivity index (χ0v) is 13.5. The Morgan fingerprint density at radius 1 is 0.957 bits per heavy atom. The monoisotopic (exact) mass is 337 g/mol. The summed E-state index contributed by atoms with van der Waals surface area (Å²) in [6, 6.07) is 17.5. The van der Waals surface area contributed by atoms with Crippen molar-refractivity contribution in [1.29, 1.82) is 0 Å². The molecular formula is C17H11N3OS2. The van der Waals surface area contributed by atoms with Gasteiger partial charge >= 0.3 is 0 Å². The van der Waals surface area contributed by atoms with Gasteiger partial charge in [0.2, 0.25) is 5.13 Å². The number of hydrogen-bond donors (Lipinski definition) is 1. The second-order valence-electron chi connectivity index (χ2n) is 4.87. The number of fused-ring (bicyclic) bond motifs is 1. The van der Waals surface area contributed by atoms with E-state index in [1.54, 1.807) is 11.3 Å². The summed E-state index contributed by atoms with van der Waals surface area (Å²) in [4.78, 5) is 13.6. The van der Waals surface area contributed by atoms with E-state index in [2.05, 4.69) is 15.5 Å². The molecule has 23 heavy (non-hydrogen) atoms. The van der Waals surface area contributed by atoms with Gasteiger partial charge < -0.3 is 0 Å². The van der Waals surface area contributed by atoms with Gasteiger partial charge in [0.15, 0.2) is 5.01 Å². The SMILES string of the molecule is O=C(Nc1nnc(-c2cccs2)s1)c1cccc2ccccc12. The second kappa shape index (κ2) is 5.91. The molecule has 112 valence electrons. The Hall–Kier alpha value is -2.57. The Kier molecular flexibility index (Phi) is 3.61. The van der Waals surface area contributed by atoms with Crippen molar-refractivity contribution in [3.8, 4) is 9.88 Å². The number of nitrogens with zero attached hydrogens (tertiary/aromatic N) is 2. The molecule has 0 fully saturated rings. The van der Waals surface area contributed by atoms with Crippen molar-refractivity contribution >= 4 is 44.5 Å². The molecule has 1 amide bonds. The van der Waals surface area contributed by atoms with Crippen LogP contribution in [0.4, 0.5) is 5.13 Å². The predicted octanol–water partition coefficient (Wildman–Crippen LogP) is 4.67. The fourth-order valence-corrected chi connectivity index (χ4v) is 3.89. The highest BCUT2D eigenvalue weighted by atomic mass is 32.1. The number of amides is 1. The van der Waals surface area contributed by atoms with E-state index in [0.717, 1.165) is 20.7 Å². The highest BCUT2D eigenvalue weighted by Crippen LogP contribution is 2.30. The van der Waals surface area contributed by atoms with Gasteiger partial charge in [-0.25, -0.2) is 0 Å². The molecule has 0 spiro atoms. The van der Waals surface area contributed by atoms with Crippen LogP contribution in [0.1, 0.15) is 10.4 Å². The number of carbonyl (C=O) groups is 1. The zero-order valence-electron chi connectivity index (χ0n) is 11.9. The van der Waals surface area contributed by atoms with Crippen molar-refractivity contribution in [2.45, 2.75) is 0 Å². The minimum atomic E-state index is -0.171. The molecule has 6 heteroatoms. The lowest BCUT2D eigenvalue weighted by atomic mass is 10.0. The highest BCUT2D eigenvalue weighted by Gasteiger charge is 2.13. The van der Waals surface area contributed by atoms with Crippen molar-refractivity contribution < 1.29 is 4.79 Å². The van der Waals surface area contributed by atoms with E-state index in [9.17, 15) is 4.79 Å². The molecule has 2 aromatic heterocycles. The van der Waals surface area contributed by atoms with Crippen LogP contribution in [0.15, 0.2) is 60.0 Å². The van der Waals surface area contributed by atoms with E-state index in [4.69, 9.17) is 0 Å². The third-order valence-corrected chi connectivity index (χ3v) is 5.29. The highest BCUT2D eigenvalue weighted by molar-refractivity contribution is 7.23. The molecule has 0 bridgehead atoms. The average Bonchev–Trinajstić information content (AvgIpc) is 3.25. The van der Waals surface area contributed by atoms with E-state index in [-0.39, 0.29) is 5.91 Å². The third kappa shape index (κ3) is 2.74. The minimum Gasteiger partial charge on any atom is -0.296 e. The normalized spacial score (nSPS) is 10.8. The standard InChI is InChI=1S/C17H11N3OS2/c21-15(13-8-3-6-11-5-1-2-7-12(11)13)18-17-20-19-16(23-17)14-9-4-10-22-14/h1-10H,(H,18,20,21). The van der Waals surface area contributed by atoms with Crippen molar-refractivity contribution in [1.82, 2.24) is 10.2 Å². The first-order chi connectivity index (χ1) is 11.3. The van der Waals surface area contributed by atoms with Gasteiger partial charge in [-0.15, -0.1) is 21.5 Å². The summed E-state index contributed by atoms with van der Waals surface area (Å²) in [6.07, 6.45) is 0. The van der Waals surface area contributed by atoms with Gasteiger partial charge in [-0.05, 0) is 28.3 Å². The largest absolute Gasteiger partial charge is 0.296 e. The third-order valence-electron chi connectivity index (χ3n) is 3.41. The molecule has 0 saturated carbocycles. The first-order valence-corrected chi connectivity index (χ1v) is 8.67. The van der Waals surface area contributed by atoms with E-state index in [0.29, 0.717) is 10.7 Å². The fraction of sp³-hybridized carbons (Fsp3) is 0. The van der Waals surface area contributed by atoms with Gasteiger partial charge in [-0.1, -0.05) is 53.8 Å². The Balaban J connectivity index is 1.62. The topological polar surface area (TPSA) is 54.9 Å². The van der Waals surface area contributed by atoms with Crippen molar-refractivity contribution in [2.24, 2.45) is 0 Å². The van der Waals surface area contributed by atoms with Crippen LogP contribution >= 0.6 is 22.7 Å². The molecule has 0 aliphatic rings. The first-order valence-electron chi connectivity index (χ1n) is 6.98. The number of aromatic nitrogens is 2. The summed E-state index contributed by atoms with van der Waals surface area (Å²) in [6.45, 7) is 0. The predicted molar refractivity (Wildman–Crippen MR) is 95.1 cm³/mol. The molecule has 0 unspecified atom stereocenters. The Labute approximate surface area is 140 Å². The lowest BCUT2D eigenvalue weighted by molar-refractivity contribution is 0.102. The Morgan fingerprint density at radius 3 is 2.70 bits per heavy atom. The molecular weight excluding hydrogens is 326 g/mol. The van der Waals surface area contributed by atoms with Crippen LogP contribution in [-0.4, -0.2) is 16.1 Å². The van der Waals surface area contributed by atoms with Gasteiger partial charge in [0, 0.05) is 5.56 Å². The van der Waals surface area contributed by atoms with Gasteiger partial charge in [-0.3, -0.25) is 10.1 Å². The van der Waals surface area contributed by atoms with E-state index in [1.807, 2.05) is 60.0 Å². The van der Waals surface area contributed by atoms with Crippen LogP contribution in [0, 0.1) is 0 Å². The molecule has 2 heterocycles. The molecule has 2 aromatic carbocycles. The quantitative estimate of drug-likeness (QED) is 0.591. The molecule has 0 atom stereocenters. The minimum absolute atomic E-state index is 0.171. The van der Waals surface area contributed by atoms with Crippen LogP contribution < -0.4 is 5.32 Å². The van der Waals surface area contributed by atoms with Gasteiger partial charge in [0.25, 0.3) is 5.91 Å². The summed E-state index contributed by atoms with van der Waals surface area (Å²) in [5.74, 6) is -0.171. The number of anilines is 1. The maximum atomic E-state index is 12.6. The van der Waals surface area contributed by atoms with Crippen LogP contribution in [0.2, 0.25) is 0 Å². The summed E-state index contributed by atoms with van der Waals surface area (Å²) in [7, 11) is 0. The number of nitrogens with one attached hydrogen (secondary N) is 1. The zero-order chi connectivity index (χ0) is 15.6. The lowest BCUT2D eigenvalue weighted by Crippen LogP contribution is -2.12. The smallest absolute Gasteiger partial charge is 0.258 e. The van der Waals surface area contributed by atoms with Crippen LogP contribution in [0.25, 0.3) is 20.7 Å². The van der Waals surface area contributed by atoms with E-state index >= 15 is 0 Å². The maximum Gasteiger partial charge on any atom is 0.258 e. The maximum absolute atomic E-state index is 12.6. The summed E-state index contributed by atoms with van der Waals surface area (Å²) in [5, 5.41) is 16.3. The van der Waals surface area contributed by atoms with Gasteiger partial charge in [-0.2, -0.15) is 0 Å². The molecule has 4 nitrogen and oxygen atoms in total. The Morgan fingerprint density at radius 2 is 1.83 bits per heavy atom. The molecule has 1 N–H and O–H groups in total. The van der Waals surface area contributed by atoms with Gasteiger partial charge in [0.05, 0.1) is 4.88 Å². The van der Waals surface area contributed by atoms with Crippen molar-refractivity contribution in [2.75, 3.05) is 5.32 Å².